The van der Waals surface area contributed by atoms with Crippen molar-refractivity contribution in [2.75, 3.05) is 0 Å². The quantitative estimate of drug-likeness (QED) is 0.478. The third kappa shape index (κ3) is 0.890. The van der Waals surface area contributed by atoms with Gasteiger partial charge in [0.25, 0.3) is 0 Å². The van der Waals surface area contributed by atoms with Gasteiger partial charge in [-0.1, -0.05) is 24.2 Å². The lowest BCUT2D eigenvalue weighted by Crippen LogP contribution is -1.74. The van der Waals surface area contributed by atoms with Gasteiger partial charge in [0.15, 0.2) is 0 Å². The highest BCUT2D eigenvalue weighted by atomic mass is 13.9. The van der Waals surface area contributed by atoms with E-state index in [1.807, 2.05) is 19.9 Å². The van der Waals surface area contributed by atoms with Crippen LogP contribution in [-0.2, 0) is 0 Å². The van der Waals surface area contributed by atoms with Crippen LogP contribution in [0, 0.1) is 13.8 Å². The van der Waals surface area contributed by atoms with Gasteiger partial charge in [-0.2, -0.15) is 0 Å². The molecule has 0 spiro atoms. The minimum Gasteiger partial charge on any atom is -0.0620 e. The van der Waals surface area contributed by atoms with E-state index in [0.717, 1.165) is 11.1 Å². The molecule has 0 aromatic heterocycles. The van der Waals surface area contributed by atoms with Crippen LogP contribution in [0.2, 0.25) is 0 Å². The topological polar surface area (TPSA) is 0 Å². The summed E-state index contributed by atoms with van der Waals surface area (Å²) in [7, 11) is 0. The van der Waals surface area contributed by atoms with Crippen LogP contribution in [0.1, 0.15) is 13.9 Å². The molecule has 0 nitrogen and oxygen atoms in total. The average molecular weight is 108 g/mol. The van der Waals surface area contributed by atoms with E-state index in [1.165, 1.54) is 0 Å². The van der Waals surface area contributed by atoms with Crippen LogP contribution < -0.4 is 0 Å². The molecule has 0 bridgehead atoms. The van der Waals surface area contributed by atoms with Gasteiger partial charge >= 0.3 is 0 Å². The summed E-state index contributed by atoms with van der Waals surface area (Å²) in [5.74, 6) is 0. The van der Waals surface area contributed by atoms with Crippen LogP contribution in [0.5, 0.6) is 0 Å². The molecule has 0 saturated heterocycles. The Labute approximate surface area is 53.0 Å². The van der Waals surface area contributed by atoms with Gasteiger partial charge in [0, 0.05) is 0 Å². The second-order valence-corrected chi connectivity index (χ2v) is 1.91. The highest BCUT2D eigenvalue weighted by Crippen LogP contribution is 2.02. The molecule has 8 heavy (non-hydrogen) atoms. The van der Waals surface area contributed by atoms with Crippen LogP contribution in [0.4, 0.5) is 0 Å². The van der Waals surface area contributed by atoms with E-state index in [2.05, 4.69) is 0 Å². The van der Waals surface area contributed by atoms with Crippen molar-refractivity contribution in [3.63, 3.8) is 0 Å². The van der Waals surface area contributed by atoms with Crippen LogP contribution >= 0.6 is 0 Å². The molecule has 0 radical (unpaired) electrons. The summed E-state index contributed by atoms with van der Waals surface area (Å²) in [6.45, 7) is 3.82. The molecule has 0 atom stereocenters. The normalized spacial score (nSPS) is 12.8. The lowest BCUT2D eigenvalue weighted by atomic mass is 10.1. The fraction of sp³-hybridized carbons (Fsp3) is 0.250. The van der Waals surface area contributed by atoms with E-state index in [0.29, 0.717) is 12.1 Å². The standard InChI is InChI=1S/C8H10/c1-7-5-3-4-6-8(7)2/h3-6H,1-2H3/i3D,5D. The van der Waals surface area contributed by atoms with Gasteiger partial charge < -0.3 is 0 Å². The summed E-state index contributed by atoms with van der Waals surface area (Å²) >= 11 is 0. The predicted octanol–water partition coefficient (Wildman–Crippen LogP) is 2.30. The van der Waals surface area contributed by atoms with E-state index in [1.54, 1.807) is 6.07 Å². The number of hydrogen-bond donors (Lipinski definition) is 0. The van der Waals surface area contributed by atoms with Gasteiger partial charge in [-0.25, -0.2) is 0 Å². The summed E-state index contributed by atoms with van der Waals surface area (Å²) < 4.78 is 14.7. The third-order valence-corrected chi connectivity index (χ3v) is 1.27. The fourth-order valence-electron chi connectivity index (χ4n) is 0.540. The lowest BCUT2D eigenvalue weighted by Gasteiger charge is -1.93. The van der Waals surface area contributed by atoms with Gasteiger partial charge in [-0.3, -0.25) is 0 Å². The smallest absolute Gasteiger partial charge is 0.0620 e. The number of rotatable bonds is 0. The van der Waals surface area contributed by atoms with Crippen molar-refractivity contribution < 1.29 is 2.74 Å². The molecule has 1 aromatic rings. The first-order valence-electron chi connectivity index (χ1n) is 3.66. The molecule has 42 valence electrons. The Morgan fingerprint density at radius 1 is 1.38 bits per heavy atom. The SMILES string of the molecule is [2H]c1ccc(C)c(C)c1[2H]. The van der Waals surface area contributed by atoms with Gasteiger partial charge in [0.05, 0.1) is 2.74 Å². The fourth-order valence-corrected chi connectivity index (χ4v) is 0.540. The van der Waals surface area contributed by atoms with E-state index in [-0.39, 0.29) is 0 Å². The van der Waals surface area contributed by atoms with Gasteiger partial charge in [-0.15, -0.1) is 0 Å². The van der Waals surface area contributed by atoms with Crippen LogP contribution in [0.25, 0.3) is 0 Å². The monoisotopic (exact) mass is 108 g/mol. The van der Waals surface area contributed by atoms with Gasteiger partial charge in [-0.05, 0) is 25.0 Å². The molecule has 0 aliphatic carbocycles. The van der Waals surface area contributed by atoms with Gasteiger partial charge in [0.2, 0.25) is 0 Å². The zero-order valence-electron chi connectivity index (χ0n) is 7.15. The molecule has 1 aromatic carbocycles. The highest BCUT2D eigenvalue weighted by Gasteiger charge is 1.83. The summed E-state index contributed by atoms with van der Waals surface area (Å²) in [6, 6.07) is 4.18. The average Bonchev–Trinajstić information content (AvgIpc) is 1.93. The van der Waals surface area contributed by atoms with Crippen LogP contribution in [0.3, 0.4) is 0 Å². The Balaban J connectivity index is 3.34. The summed E-state index contributed by atoms with van der Waals surface area (Å²) in [4.78, 5) is 0. The first-order chi connectivity index (χ1) is 4.63. The third-order valence-electron chi connectivity index (χ3n) is 1.27. The molecule has 0 heterocycles. The first-order valence-corrected chi connectivity index (χ1v) is 2.66. The summed E-state index contributed by atoms with van der Waals surface area (Å²) in [6.07, 6.45) is 0. The number of aryl methyl sites for hydroxylation is 1. The van der Waals surface area contributed by atoms with Crippen molar-refractivity contribution >= 4 is 0 Å². The Kier molecular flexibility index (Phi) is 0.819. The molecular weight excluding hydrogens is 96.1 g/mol. The molecule has 0 aliphatic heterocycles. The zero-order valence-corrected chi connectivity index (χ0v) is 5.15. The maximum absolute atomic E-state index is 7.40. The minimum absolute atomic E-state index is 0.308. The Hall–Kier alpha value is -0.780. The molecule has 1 rings (SSSR count). The molecule has 0 amide bonds. The highest BCUT2D eigenvalue weighted by molar-refractivity contribution is 5.23. The van der Waals surface area contributed by atoms with Crippen molar-refractivity contribution in [2.45, 2.75) is 13.8 Å². The predicted molar refractivity (Wildman–Crippen MR) is 35.9 cm³/mol. The van der Waals surface area contributed by atoms with E-state index in [4.69, 9.17) is 2.74 Å². The Bertz CT molecular complexity index is 227. The van der Waals surface area contributed by atoms with Crippen molar-refractivity contribution in [3.8, 4) is 0 Å². The molecule has 0 aliphatic rings. The van der Waals surface area contributed by atoms with E-state index >= 15 is 0 Å². The zero-order chi connectivity index (χ0) is 7.72. The lowest BCUT2D eigenvalue weighted by molar-refractivity contribution is 1.34. The second-order valence-electron chi connectivity index (χ2n) is 1.91. The number of benzene rings is 1. The van der Waals surface area contributed by atoms with E-state index in [9.17, 15) is 0 Å². The second kappa shape index (κ2) is 1.99. The van der Waals surface area contributed by atoms with Gasteiger partial charge in [0.1, 0.15) is 0 Å². The van der Waals surface area contributed by atoms with Crippen molar-refractivity contribution in [1.29, 1.82) is 0 Å². The molecule has 0 N–H and O–H groups in total. The molecular formula is C8H10. The summed E-state index contributed by atoms with van der Waals surface area (Å²) in [5, 5.41) is 0. The van der Waals surface area contributed by atoms with E-state index < -0.39 is 0 Å². The largest absolute Gasteiger partial charge is 0.0626 e. The number of hydrogen-bond acceptors (Lipinski definition) is 0. The Morgan fingerprint density at radius 3 is 2.75 bits per heavy atom. The Morgan fingerprint density at radius 2 is 2.12 bits per heavy atom. The van der Waals surface area contributed by atoms with Crippen molar-refractivity contribution in [3.05, 3.63) is 35.3 Å². The van der Waals surface area contributed by atoms with Crippen molar-refractivity contribution in [1.82, 2.24) is 0 Å². The van der Waals surface area contributed by atoms with Crippen LogP contribution in [-0.4, -0.2) is 0 Å². The molecule has 0 unspecified atom stereocenters. The summed E-state index contributed by atoms with van der Waals surface area (Å²) in [5.41, 5.74) is 1.99. The first kappa shape index (κ1) is 3.29. The maximum Gasteiger partial charge on any atom is 0.0626 e. The maximum atomic E-state index is 7.40. The molecule has 0 fully saturated rings. The van der Waals surface area contributed by atoms with Crippen molar-refractivity contribution in [2.24, 2.45) is 0 Å². The molecule has 0 heteroatoms. The molecule has 0 saturated carbocycles. The van der Waals surface area contributed by atoms with Crippen LogP contribution in [0.15, 0.2) is 24.2 Å². The minimum atomic E-state index is 0.308.